The van der Waals surface area contributed by atoms with Crippen LogP contribution in [0.3, 0.4) is 0 Å². The van der Waals surface area contributed by atoms with Crippen LogP contribution in [0, 0.1) is 6.92 Å². The summed E-state index contributed by atoms with van der Waals surface area (Å²) >= 11 is 13.4. The van der Waals surface area contributed by atoms with Crippen molar-refractivity contribution in [2.75, 3.05) is 18.5 Å². The van der Waals surface area contributed by atoms with Gasteiger partial charge in [-0.2, -0.15) is 0 Å². The van der Waals surface area contributed by atoms with Gasteiger partial charge in [-0.15, -0.1) is 11.3 Å². The molecule has 4 rings (SSSR count). The predicted molar refractivity (Wildman–Crippen MR) is 139 cm³/mol. The zero-order chi connectivity index (χ0) is 25.8. The van der Waals surface area contributed by atoms with Gasteiger partial charge in [0.2, 0.25) is 11.2 Å². The highest BCUT2D eigenvalue weighted by Gasteiger charge is 2.20. The molecule has 0 saturated carbocycles. The molecule has 0 unspecified atom stereocenters. The number of anilines is 1. The lowest BCUT2D eigenvalue weighted by Crippen LogP contribution is -2.22. The maximum atomic E-state index is 13.3. The van der Waals surface area contributed by atoms with E-state index >= 15 is 0 Å². The van der Waals surface area contributed by atoms with Crippen LogP contribution in [0.5, 0.6) is 5.75 Å². The Hall–Kier alpha value is -3.40. The van der Waals surface area contributed by atoms with Gasteiger partial charge < -0.3 is 13.9 Å². The van der Waals surface area contributed by atoms with Gasteiger partial charge in [0.1, 0.15) is 5.58 Å². The third-order valence-electron chi connectivity index (χ3n) is 5.01. The predicted octanol–water partition coefficient (Wildman–Crippen LogP) is 5.65. The lowest BCUT2D eigenvalue weighted by atomic mass is 10.1. The van der Waals surface area contributed by atoms with Crippen molar-refractivity contribution in [3.05, 3.63) is 73.3 Å². The molecule has 2 heterocycles. The van der Waals surface area contributed by atoms with E-state index in [1.165, 1.54) is 6.07 Å². The summed E-state index contributed by atoms with van der Waals surface area (Å²) in [5.74, 6) is -0.931. The number of halogens is 2. The molecular formula is C25H20Cl2N2O6S. The molecule has 2 aromatic heterocycles. The minimum absolute atomic E-state index is 0.00132. The number of nitrogens with one attached hydrogen (secondary N) is 1. The Labute approximate surface area is 219 Å². The van der Waals surface area contributed by atoms with E-state index in [9.17, 15) is 14.4 Å². The van der Waals surface area contributed by atoms with E-state index in [0.717, 1.165) is 16.9 Å². The van der Waals surface area contributed by atoms with E-state index < -0.39 is 23.9 Å². The minimum atomic E-state index is -0.546. The van der Waals surface area contributed by atoms with Crippen LogP contribution in [0.1, 0.15) is 18.2 Å². The van der Waals surface area contributed by atoms with Crippen LogP contribution in [0.2, 0.25) is 10.0 Å². The molecule has 0 aliphatic carbocycles. The van der Waals surface area contributed by atoms with Gasteiger partial charge in [0, 0.05) is 21.0 Å². The van der Waals surface area contributed by atoms with E-state index in [0.29, 0.717) is 26.9 Å². The van der Waals surface area contributed by atoms with E-state index in [-0.39, 0.29) is 35.1 Å². The monoisotopic (exact) mass is 546 g/mol. The molecule has 0 saturated heterocycles. The van der Waals surface area contributed by atoms with Gasteiger partial charge in [0.25, 0.3) is 5.91 Å². The summed E-state index contributed by atoms with van der Waals surface area (Å²) in [4.78, 5) is 41.7. The first-order valence-electron chi connectivity index (χ1n) is 10.8. The molecule has 0 fully saturated rings. The fraction of sp³-hybridized carbons (Fsp3) is 0.200. The van der Waals surface area contributed by atoms with Crippen molar-refractivity contribution >= 4 is 62.5 Å². The van der Waals surface area contributed by atoms with E-state index in [1.54, 1.807) is 49.6 Å². The maximum Gasteiger partial charge on any atom is 0.311 e. The number of fused-ring (bicyclic) bond motifs is 1. The van der Waals surface area contributed by atoms with E-state index in [4.69, 9.17) is 37.1 Å². The highest BCUT2D eigenvalue weighted by molar-refractivity contribution is 7.13. The van der Waals surface area contributed by atoms with Gasteiger partial charge in [-0.05, 0) is 55.8 Å². The standard InChI is InChI=1S/C25H20Cl2N2O6S/c1-3-33-21(31)9-16-12-36-25(28-16)29-20(30)11-34-24-22(32)17-10-18(27)13(2)8-19(17)35-23(24)14-4-6-15(26)7-5-14/h4-8,10,12H,3,9,11H2,1-2H3,(H,28,29,30). The molecule has 8 nitrogen and oxygen atoms in total. The first kappa shape index (κ1) is 25.7. The second-order valence-electron chi connectivity index (χ2n) is 7.66. The van der Waals surface area contributed by atoms with Crippen LogP contribution < -0.4 is 15.5 Å². The van der Waals surface area contributed by atoms with E-state index in [2.05, 4.69) is 10.3 Å². The molecule has 0 atom stereocenters. The van der Waals surface area contributed by atoms with Crippen molar-refractivity contribution in [2.24, 2.45) is 0 Å². The molecule has 0 aliphatic rings. The number of benzene rings is 2. The van der Waals surface area contributed by atoms with Crippen LogP contribution in [0.15, 0.2) is 51.0 Å². The number of aromatic nitrogens is 1. The zero-order valence-corrected chi connectivity index (χ0v) is 21.6. The number of carbonyl (C=O) groups is 2. The minimum Gasteiger partial charge on any atom is -0.476 e. The number of amides is 1. The lowest BCUT2D eigenvalue weighted by molar-refractivity contribution is -0.142. The lowest BCUT2D eigenvalue weighted by Gasteiger charge is -2.12. The smallest absolute Gasteiger partial charge is 0.311 e. The number of thiazole rings is 1. The first-order valence-corrected chi connectivity index (χ1v) is 12.4. The van der Waals surface area contributed by atoms with Gasteiger partial charge in [-0.25, -0.2) is 4.98 Å². The molecule has 0 radical (unpaired) electrons. The number of ether oxygens (including phenoxy) is 2. The number of hydrogen-bond donors (Lipinski definition) is 1. The molecule has 2 aromatic carbocycles. The van der Waals surface area contributed by atoms with Gasteiger partial charge >= 0.3 is 5.97 Å². The molecule has 4 aromatic rings. The summed E-state index contributed by atoms with van der Waals surface area (Å²) in [7, 11) is 0. The topological polar surface area (TPSA) is 108 Å². The average molecular weight is 547 g/mol. The second kappa shape index (κ2) is 11.1. The van der Waals surface area contributed by atoms with Crippen LogP contribution in [0.25, 0.3) is 22.3 Å². The van der Waals surface area contributed by atoms with Crippen LogP contribution >= 0.6 is 34.5 Å². The zero-order valence-electron chi connectivity index (χ0n) is 19.2. The molecule has 0 aliphatic heterocycles. The van der Waals surface area contributed by atoms with Crippen molar-refractivity contribution in [1.29, 1.82) is 0 Å². The molecule has 186 valence electrons. The van der Waals surface area contributed by atoms with Crippen LogP contribution in [-0.4, -0.2) is 30.1 Å². The van der Waals surface area contributed by atoms with Gasteiger partial charge in [-0.1, -0.05) is 23.2 Å². The Bertz CT molecular complexity index is 1500. The van der Waals surface area contributed by atoms with Crippen molar-refractivity contribution in [2.45, 2.75) is 20.3 Å². The number of hydrogen-bond acceptors (Lipinski definition) is 8. The molecule has 1 N–H and O–H groups in total. The van der Waals surface area contributed by atoms with Gasteiger partial charge in [0.05, 0.1) is 24.1 Å². The number of esters is 1. The molecule has 1 amide bonds. The number of nitrogens with zero attached hydrogens (tertiary/aromatic N) is 1. The summed E-state index contributed by atoms with van der Waals surface area (Å²) < 4.78 is 16.6. The Morgan fingerprint density at radius 1 is 1.17 bits per heavy atom. The second-order valence-corrected chi connectivity index (χ2v) is 9.36. The van der Waals surface area contributed by atoms with Crippen molar-refractivity contribution in [1.82, 2.24) is 4.98 Å². The van der Waals surface area contributed by atoms with Crippen molar-refractivity contribution < 1.29 is 23.5 Å². The Morgan fingerprint density at radius 3 is 2.64 bits per heavy atom. The number of carbonyl (C=O) groups excluding carboxylic acids is 2. The Kier molecular flexibility index (Phi) is 7.93. The molecule has 0 spiro atoms. The number of aryl methyl sites for hydroxylation is 1. The third-order valence-corrected chi connectivity index (χ3v) is 6.48. The quantitative estimate of drug-likeness (QED) is 0.284. The summed E-state index contributed by atoms with van der Waals surface area (Å²) in [6.07, 6.45) is 0.00132. The van der Waals surface area contributed by atoms with Gasteiger partial charge in [0.15, 0.2) is 17.5 Å². The SMILES string of the molecule is CCOC(=O)Cc1csc(NC(=O)COc2c(-c3ccc(Cl)cc3)oc3cc(C)c(Cl)cc3c2=O)n1. The summed E-state index contributed by atoms with van der Waals surface area (Å²) in [5, 5.41) is 5.67. The third kappa shape index (κ3) is 5.87. The molecule has 36 heavy (non-hydrogen) atoms. The maximum absolute atomic E-state index is 13.3. The van der Waals surface area contributed by atoms with Crippen LogP contribution in [-0.2, 0) is 20.7 Å². The van der Waals surface area contributed by atoms with Gasteiger partial charge in [-0.3, -0.25) is 19.7 Å². The fourth-order valence-electron chi connectivity index (χ4n) is 3.32. The Balaban J connectivity index is 1.58. The fourth-order valence-corrected chi connectivity index (χ4v) is 4.34. The highest BCUT2D eigenvalue weighted by atomic mass is 35.5. The van der Waals surface area contributed by atoms with E-state index in [1.807, 2.05) is 0 Å². The molecular weight excluding hydrogens is 527 g/mol. The molecule has 0 bridgehead atoms. The number of rotatable bonds is 8. The Morgan fingerprint density at radius 2 is 1.92 bits per heavy atom. The highest BCUT2D eigenvalue weighted by Crippen LogP contribution is 2.33. The first-order chi connectivity index (χ1) is 17.2. The summed E-state index contributed by atoms with van der Waals surface area (Å²) in [6, 6.07) is 9.86. The average Bonchev–Trinajstić information content (AvgIpc) is 3.26. The van der Waals surface area contributed by atoms with Crippen molar-refractivity contribution in [3.63, 3.8) is 0 Å². The summed E-state index contributed by atoms with van der Waals surface area (Å²) in [5.41, 5.74) is 1.63. The largest absolute Gasteiger partial charge is 0.476 e. The molecule has 11 heteroatoms. The summed E-state index contributed by atoms with van der Waals surface area (Å²) in [6.45, 7) is 3.31. The normalized spacial score (nSPS) is 10.9. The van der Waals surface area contributed by atoms with Crippen LogP contribution in [0.4, 0.5) is 5.13 Å². The van der Waals surface area contributed by atoms with Crippen molar-refractivity contribution in [3.8, 4) is 17.1 Å².